The van der Waals surface area contributed by atoms with Crippen molar-refractivity contribution in [2.75, 3.05) is 19.8 Å². The first-order valence-corrected chi connectivity index (χ1v) is 7.98. The minimum atomic E-state index is -0.747. The van der Waals surface area contributed by atoms with Gasteiger partial charge in [-0.05, 0) is 30.9 Å². The molecule has 116 valence electrons. The van der Waals surface area contributed by atoms with Gasteiger partial charge in [-0.15, -0.1) is 0 Å². The molecule has 2 atom stereocenters. The Bertz CT molecular complexity index is 427. The summed E-state index contributed by atoms with van der Waals surface area (Å²) in [7, 11) is 0. The quantitative estimate of drug-likeness (QED) is 0.711. The highest BCUT2D eigenvalue weighted by molar-refractivity contribution is 5.31. The molecule has 0 aliphatic carbocycles. The van der Waals surface area contributed by atoms with E-state index in [1.807, 2.05) is 30.3 Å². The third-order valence-electron chi connectivity index (χ3n) is 3.64. The highest BCUT2D eigenvalue weighted by Crippen LogP contribution is 2.21. The van der Waals surface area contributed by atoms with Gasteiger partial charge >= 0.3 is 0 Å². The van der Waals surface area contributed by atoms with Crippen LogP contribution in [0.4, 0.5) is 0 Å². The molecule has 2 unspecified atom stereocenters. The Hall–Kier alpha value is -1.37. The number of hydrogen-bond donors (Lipinski definition) is 1. The predicted octanol–water partition coefficient (Wildman–Crippen LogP) is 3.86. The van der Waals surface area contributed by atoms with E-state index >= 15 is 0 Å². The molecule has 21 heavy (non-hydrogen) atoms. The van der Waals surface area contributed by atoms with Crippen molar-refractivity contribution >= 4 is 0 Å². The number of nitrogens with zero attached hydrogens (tertiary/aromatic N) is 1. The van der Waals surface area contributed by atoms with Crippen molar-refractivity contribution in [2.45, 2.75) is 45.6 Å². The Morgan fingerprint density at radius 2 is 1.95 bits per heavy atom. The molecule has 0 spiro atoms. The van der Waals surface area contributed by atoms with Gasteiger partial charge < -0.3 is 4.74 Å². The van der Waals surface area contributed by atoms with E-state index in [1.165, 1.54) is 6.42 Å². The van der Waals surface area contributed by atoms with Gasteiger partial charge in [0.1, 0.15) is 0 Å². The minimum Gasteiger partial charge on any atom is -0.378 e. The van der Waals surface area contributed by atoms with Crippen LogP contribution in [0.5, 0.6) is 0 Å². The van der Waals surface area contributed by atoms with Crippen molar-refractivity contribution in [1.82, 2.24) is 5.32 Å². The summed E-state index contributed by atoms with van der Waals surface area (Å²) in [6.45, 7) is 8.38. The molecule has 0 heterocycles. The van der Waals surface area contributed by atoms with Gasteiger partial charge in [-0.1, -0.05) is 57.5 Å². The summed E-state index contributed by atoms with van der Waals surface area (Å²) in [5.74, 6) is 0.536. The zero-order valence-electron chi connectivity index (χ0n) is 13.6. The second-order valence-electron chi connectivity index (χ2n) is 5.72. The lowest BCUT2D eigenvalue weighted by Gasteiger charge is -2.29. The van der Waals surface area contributed by atoms with Crippen LogP contribution in [0, 0.1) is 17.2 Å². The first-order valence-electron chi connectivity index (χ1n) is 7.98. The van der Waals surface area contributed by atoms with Gasteiger partial charge in [-0.25, -0.2) is 0 Å². The van der Waals surface area contributed by atoms with Gasteiger partial charge in [0.2, 0.25) is 0 Å². The van der Waals surface area contributed by atoms with Crippen molar-refractivity contribution in [2.24, 2.45) is 5.92 Å². The average molecular weight is 288 g/mol. The number of nitrogens with one attached hydrogen (secondary N) is 1. The summed E-state index contributed by atoms with van der Waals surface area (Å²) >= 11 is 0. The van der Waals surface area contributed by atoms with Gasteiger partial charge in [-0.2, -0.15) is 5.26 Å². The predicted molar refractivity (Wildman–Crippen MR) is 86.9 cm³/mol. The van der Waals surface area contributed by atoms with E-state index < -0.39 is 5.54 Å². The van der Waals surface area contributed by atoms with Crippen molar-refractivity contribution < 1.29 is 4.74 Å². The maximum Gasteiger partial charge on any atom is 0.155 e. The van der Waals surface area contributed by atoms with Crippen LogP contribution in [-0.4, -0.2) is 19.8 Å². The molecule has 1 rings (SSSR count). The van der Waals surface area contributed by atoms with Crippen molar-refractivity contribution in [3.63, 3.8) is 0 Å². The fourth-order valence-electron chi connectivity index (χ4n) is 2.42. The summed E-state index contributed by atoms with van der Waals surface area (Å²) in [4.78, 5) is 0. The van der Waals surface area contributed by atoms with E-state index in [1.54, 1.807) is 0 Å². The molecule has 0 saturated carbocycles. The lowest BCUT2D eigenvalue weighted by Crippen LogP contribution is -2.45. The Labute approximate surface area is 129 Å². The van der Waals surface area contributed by atoms with Crippen molar-refractivity contribution in [3.05, 3.63) is 35.9 Å². The third-order valence-corrected chi connectivity index (χ3v) is 3.64. The van der Waals surface area contributed by atoms with Crippen LogP contribution in [0.3, 0.4) is 0 Å². The lowest BCUT2D eigenvalue weighted by molar-refractivity contribution is 0.0644. The fraction of sp³-hybridized carbons (Fsp3) is 0.611. The Kier molecular flexibility index (Phi) is 8.04. The van der Waals surface area contributed by atoms with Gasteiger partial charge in [0.15, 0.2) is 5.54 Å². The molecule has 0 aliphatic heterocycles. The molecule has 0 fully saturated rings. The number of nitriles is 1. The fourth-order valence-corrected chi connectivity index (χ4v) is 2.42. The molecule has 0 aromatic heterocycles. The van der Waals surface area contributed by atoms with E-state index in [9.17, 15) is 5.26 Å². The molecule has 0 saturated heterocycles. The summed E-state index contributed by atoms with van der Waals surface area (Å²) in [6, 6.07) is 12.3. The summed E-state index contributed by atoms with van der Waals surface area (Å²) in [6.07, 6.45) is 3.32. The van der Waals surface area contributed by atoms with Crippen LogP contribution in [-0.2, 0) is 10.3 Å². The highest BCUT2D eigenvalue weighted by Gasteiger charge is 2.32. The van der Waals surface area contributed by atoms with Crippen LogP contribution < -0.4 is 5.32 Å². The molecule has 0 radical (unpaired) electrons. The molecular formula is C18H28N2O. The van der Waals surface area contributed by atoms with E-state index in [0.29, 0.717) is 19.1 Å². The molecule has 3 heteroatoms. The molecule has 1 N–H and O–H groups in total. The normalized spacial score (nSPS) is 15.1. The third kappa shape index (κ3) is 5.49. The van der Waals surface area contributed by atoms with Gasteiger partial charge in [-0.3, -0.25) is 5.32 Å². The smallest absolute Gasteiger partial charge is 0.155 e. The van der Waals surface area contributed by atoms with E-state index in [2.05, 4.69) is 32.2 Å². The van der Waals surface area contributed by atoms with Crippen LogP contribution in [0.15, 0.2) is 30.3 Å². The Morgan fingerprint density at radius 3 is 2.52 bits per heavy atom. The van der Waals surface area contributed by atoms with Crippen LogP contribution in [0.1, 0.15) is 45.6 Å². The average Bonchev–Trinajstić information content (AvgIpc) is 2.52. The Balaban J connectivity index is 2.75. The molecular weight excluding hydrogens is 260 g/mol. The topological polar surface area (TPSA) is 45.0 Å². The maximum absolute atomic E-state index is 9.73. The monoisotopic (exact) mass is 288 g/mol. The van der Waals surface area contributed by atoms with E-state index in [0.717, 1.165) is 24.9 Å². The van der Waals surface area contributed by atoms with Crippen LogP contribution >= 0.6 is 0 Å². The van der Waals surface area contributed by atoms with Gasteiger partial charge in [0, 0.05) is 6.61 Å². The van der Waals surface area contributed by atoms with Gasteiger partial charge in [0.05, 0.1) is 12.7 Å². The number of ether oxygens (including phenoxy) is 1. The van der Waals surface area contributed by atoms with E-state index in [4.69, 9.17) is 4.74 Å². The Morgan fingerprint density at radius 1 is 1.24 bits per heavy atom. The minimum absolute atomic E-state index is 0.390. The molecule has 0 bridgehead atoms. The second-order valence-corrected chi connectivity index (χ2v) is 5.72. The molecule has 1 aromatic rings. The molecule has 3 nitrogen and oxygen atoms in total. The number of benzene rings is 1. The molecule has 0 amide bonds. The SMILES string of the molecule is CCCNC(C#N)(COCC(C)CCC)c1ccccc1. The summed E-state index contributed by atoms with van der Waals surface area (Å²) < 4.78 is 5.87. The van der Waals surface area contributed by atoms with Crippen LogP contribution in [0.2, 0.25) is 0 Å². The van der Waals surface area contributed by atoms with Crippen LogP contribution in [0.25, 0.3) is 0 Å². The summed E-state index contributed by atoms with van der Waals surface area (Å²) in [5.41, 5.74) is 0.229. The second kappa shape index (κ2) is 9.55. The number of rotatable bonds is 10. The highest BCUT2D eigenvalue weighted by atomic mass is 16.5. The standard InChI is InChI=1S/C18H28N2O/c1-4-9-16(3)13-21-15-18(14-19,20-12-5-2)17-10-7-6-8-11-17/h6-8,10-11,16,20H,4-5,9,12-13,15H2,1-3H3. The zero-order valence-corrected chi connectivity index (χ0v) is 13.6. The zero-order chi connectivity index (χ0) is 15.6. The maximum atomic E-state index is 9.73. The van der Waals surface area contributed by atoms with E-state index in [-0.39, 0.29) is 0 Å². The van der Waals surface area contributed by atoms with Crippen molar-refractivity contribution in [1.29, 1.82) is 5.26 Å². The lowest BCUT2D eigenvalue weighted by atomic mass is 9.92. The molecule has 1 aromatic carbocycles. The largest absolute Gasteiger partial charge is 0.378 e. The molecule has 0 aliphatic rings. The van der Waals surface area contributed by atoms with Crippen molar-refractivity contribution in [3.8, 4) is 6.07 Å². The first kappa shape index (κ1) is 17.7. The van der Waals surface area contributed by atoms with Gasteiger partial charge in [0.25, 0.3) is 0 Å². The first-order chi connectivity index (χ1) is 10.2. The summed E-state index contributed by atoms with van der Waals surface area (Å²) in [5, 5.41) is 13.1. The number of hydrogen-bond acceptors (Lipinski definition) is 3.